The lowest BCUT2D eigenvalue weighted by atomic mass is 10.0. The zero-order chi connectivity index (χ0) is 17.6. The predicted octanol–water partition coefficient (Wildman–Crippen LogP) is 3.06. The van der Waals surface area contributed by atoms with Crippen molar-refractivity contribution < 1.29 is 4.79 Å². The fraction of sp³-hybridized carbons (Fsp3) is 0.350. The van der Waals surface area contributed by atoms with E-state index < -0.39 is 0 Å². The highest BCUT2D eigenvalue weighted by atomic mass is 35.5. The summed E-state index contributed by atoms with van der Waals surface area (Å²) in [5.41, 5.74) is 1.87. The Kier molecular flexibility index (Phi) is 6.08. The van der Waals surface area contributed by atoms with Crippen molar-refractivity contribution in [3.8, 4) is 0 Å². The molecule has 132 valence electrons. The van der Waals surface area contributed by atoms with Crippen LogP contribution in [0.15, 0.2) is 54.6 Å². The van der Waals surface area contributed by atoms with E-state index in [-0.39, 0.29) is 11.9 Å². The molecule has 2 aromatic carbocycles. The molecule has 25 heavy (non-hydrogen) atoms. The van der Waals surface area contributed by atoms with Crippen LogP contribution in [-0.4, -0.2) is 55.5 Å². The summed E-state index contributed by atoms with van der Waals surface area (Å²) in [6.07, 6.45) is 0. The molecule has 0 saturated carbocycles. The Hall–Kier alpha value is -1.88. The van der Waals surface area contributed by atoms with Gasteiger partial charge in [-0.05, 0) is 36.9 Å². The van der Waals surface area contributed by atoms with Crippen LogP contribution < -0.4 is 5.32 Å². The van der Waals surface area contributed by atoms with E-state index in [4.69, 9.17) is 11.6 Å². The van der Waals surface area contributed by atoms with Crippen molar-refractivity contribution in [3.05, 3.63) is 70.7 Å². The van der Waals surface area contributed by atoms with Crippen LogP contribution in [0, 0.1) is 0 Å². The summed E-state index contributed by atoms with van der Waals surface area (Å²) in [5.74, 6) is -0.0336. The summed E-state index contributed by atoms with van der Waals surface area (Å²) >= 11 is 6.04. The number of amides is 1. The lowest BCUT2D eigenvalue weighted by Crippen LogP contribution is -2.48. The molecule has 0 radical (unpaired) electrons. The molecule has 1 atom stereocenters. The van der Waals surface area contributed by atoms with Gasteiger partial charge >= 0.3 is 0 Å². The maximum absolute atomic E-state index is 12.4. The Labute approximate surface area is 154 Å². The van der Waals surface area contributed by atoms with Crippen molar-refractivity contribution in [2.24, 2.45) is 0 Å². The van der Waals surface area contributed by atoms with Crippen LogP contribution in [0.1, 0.15) is 22.0 Å². The van der Waals surface area contributed by atoms with Crippen molar-refractivity contribution in [2.45, 2.75) is 6.04 Å². The maximum atomic E-state index is 12.4. The van der Waals surface area contributed by atoms with Gasteiger partial charge in [-0.1, -0.05) is 41.9 Å². The van der Waals surface area contributed by atoms with E-state index in [0.717, 1.165) is 31.2 Å². The Morgan fingerprint density at radius 2 is 1.68 bits per heavy atom. The summed E-state index contributed by atoms with van der Waals surface area (Å²) in [7, 11) is 2.14. The number of likely N-dealkylation sites (N-methyl/N-ethyl adjacent to an activating group) is 1. The molecule has 4 nitrogen and oxygen atoms in total. The minimum absolute atomic E-state index is 0.0336. The third-order valence-electron chi connectivity index (χ3n) is 4.73. The van der Waals surface area contributed by atoms with Gasteiger partial charge < -0.3 is 10.2 Å². The molecule has 0 spiro atoms. The van der Waals surface area contributed by atoms with Crippen LogP contribution in [0.5, 0.6) is 0 Å². The maximum Gasteiger partial charge on any atom is 0.251 e. The second-order valence-electron chi connectivity index (χ2n) is 6.48. The number of benzene rings is 2. The average Bonchev–Trinajstić information content (AvgIpc) is 2.65. The van der Waals surface area contributed by atoms with Gasteiger partial charge in [0.05, 0.1) is 6.04 Å². The number of carbonyl (C=O) groups excluding carboxylic acids is 1. The molecule has 0 aliphatic carbocycles. The normalized spacial score (nSPS) is 17.2. The summed E-state index contributed by atoms with van der Waals surface area (Å²) in [4.78, 5) is 17.2. The highest BCUT2D eigenvalue weighted by Crippen LogP contribution is 2.23. The van der Waals surface area contributed by atoms with Crippen molar-refractivity contribution in [1.82, 2.24) is 15.1 Å². The van der Waals surface area contributed by atoms with Gasteiger partial charge in [-0.25, -0.2) is 0 Å². The number of rotatable bonds is 5. The fourth-order valence-electron chi connectivity index (χ4n) is 3.16. The van der Waals surface area contributed by atoms with Crippen LogP contribution in [0.25, 0.3) is 0 Å². The average molecular weight is 358 g/mol. The van der Waals surface area contributed by atoms with Gasteiger partial charge in [0.1, 0.15) is 0 Å². The quantitative estimate of drug-likeness (QED) is 0.893. The van der Waals surface area contributed by atoms with Gasteiger partial charge in [0.15, 0.2) is 0 Å². The van der Waals surface area contributed by atoms with Gasteiger partial charge in [-0.15, -0.1) is 0 Å². The van der Waals surface area contributed by atoms with Gasteiger partial charge in [0.25, 0.3) is 5.91 Å². The second kappa shape index (κ2) is 8.48. The first-order valence-corrected chi connectivity index (χ1v) is 9.02. The lowest BCUT2D eigenvalue weighted by molar-refractivity contribution is 0.0886. The molecule has 3 rings (SSSR count). The van der Waals surface area contributed by atoms with E-state index in [2.05, 4.69) is 34.3 Å². The summed E-state index contributed by atoms with van der Waals surface area (Å²) in [5, 5.41) is 3.82. The fourth-order valence-corrected chi connectivity index (χ4v) is 3.28. The number of halogens is 1. The van der Waals surface area contributed by atoms with Crippen molar-refractivity contribution in [1.29, 1.82) is 0 Å². The minimum Gasteiger partial charge on any atom is -0.350 e. The molecule has 1 heterocycles. The van der Waals surface area contributed by atoms with E-state index >= 15 is 0 Å². The minimum atomic E-state index is -0.0336. The number of nitrogens with zero attached hydrogens (tertiary/aromatic N) is 2. The summed E-state index contributed by atoms with van der Waals surface area (Å²) in [6.45, 7) is 4.64. The van der Waals surface area contributed by atoms with Crippen LogP contribution in [0.2, 0.25) is 5.02 Å². The molecule has 0 unspecified atom stereocenters. The van der Waals surface area contributed by atoms with E-state index in [0.29, 0.717) is 12.1 Å². The first-order valence-electron chi connectivity index (χ1n) is 8.65. The molecule has 1 fully saturated rings. The molecule has 1 aliphatic heterocycles. The lowest BCUT2D eigenvalue weighted by Gasteiger charge is -2.38. The zero-order valence-corrected chi connectivity index (χ0v) is 15.2. The Balaban J connectivity index is 1.72. The standard InChI is InChI=1S/C20H24ClN3O/c1-23-11-13-24(14-12-23)19(16-7-9-18(21)10-8-16)15-22-20(25)17-5-3-2-4-6-17/h2-10,19H,11-15H2,1H3,(H,22,25)/t19-/m0/s1. The SMILES string of the molecule is CN1CCN([C@@H](CNC(=O)c2ccccc2)c2ccc(Cl)cc2)CC1. The van der Waals surface area contributed by atoms with Crippen molar-refractivity contribution >= 4 is 17.5 Å². The van der Waals surface area contributed by atoms with Crippen LogP contribution in [0.3, 0.4) is 0 Å². The predicted molar refractivity (Wildman–Crippen MR) is 102 cm³/mol. The smallest absolute Gasteiger partial charge is 0.251 e. The molecular formula is C20H24ClN3O. The zero-order valence-electron chi connectivity index (χ0n) is 14.5. The van der Waals surface area contributed by atoms with Gasteiger partial charge in [-0.2, -0.15) is 0 Å². The van der Waals surface area contributed by atoms with E-state index in [1.165, 1.54) is 5.56 Å². The summed E-state index contributed by atoms with van der Waals surface area (Å²) < 4.78 is 0. The third-order valence-corrected chi connectivity index (χ3v) is 4.98. The molecule has 2 aromatic rings. The highest BCUT2D eigenvalue weighted by Gasteiger charge is 2.24. The van der Waals surface area contributed by atoms with Gasteiger partial charge in [0.2, 0.25) is 0 Å². The molecule has 1 N–H and O–H groups in total. The molecule has 5 heteroatoms. The number of carbonyl (C=O) groups is 1. The Morgan fingerprint density at radius 3 is 2.32 bits per heavy atom. The van der Waals surface area contributed by atoms with Crippen LogP contribution in [-0.2, 0) is 0 Å². The van der Waals surface area contributed by atoms with Gasteiger partial charge in [-0.3, -0.25) is 9.69 Å². The molecule has 1 amide bonds. The monoisotopic (exact) mass is 357 g/mol. The van der Waals surface area contributed by atoms with Gasteiger partial charge in [0, 0.05) is 43.3 Å². The molecule has 0 bridgehead atoms. The molecule has 1 saturated heterocycles. The van der Waals surface area contributed by atoms with E-state index in [9.17, 15) is 4.79 Å². The molecular weight excluding hydrogens is 334 g/mol. The highest BCUT2D eigenvalue weighted by molar-refractivity contribution is 6.30. The van der Waals surface area contributed by atoms with E-state index in [1.807, 2.05) is 42.5 Å². The van der Waals surface area contributed by atoms with E-state index in [1.54, 1.807) is 0 Å². The second-order valence-corrected chi connectivity index (χ2v) is 6.92. The van der Waals surface area contributed by atoms with Crippen LogP contribution >= 0.6 is 11.6 Å². The Bertz CT molecular complexity index is 682. The first kappa shape index (κ1) is 17.9. The summed E-state index contributed by atoms with van der Waals surface area (Å²) in [6, 6.07) is 17.4. The number of nitrogens with one attached hydrogen (secondary N) is 1. The van der Waals surface area contributed by atoms with Crippen molar-refractivity contribution in [2.75, 3.05) is 39.8 Å². The van der Waals surface area contributed by atoms with Crippen molar-refractivity contribution in [3.63, 3.8) is 0 Å². The molecule has 1 aliphatic rings. The third kappa shape index (κ3) is 4.82. The van der Waals surface area contributed by atoms with Crippen LogP contribution in [0.4, 0.5) is 0 Å². The molecule has 0 aromatic heterocycles. The number of hydrogen-bond donors (Lipinski definition) is 1. The first-order chi connectivity index (χ1) is 12.1. The Morgan fingerprint density at radius 1 is 1.04 bits per heavy atom. The largest absolute Gasteiger partial charge is 0.350 e. The number of hydrogen-bond acceptors (Lipinski definition) is 3. The topological polar surface area (TPSA) is 35.6 Å². The number of piperazine rings is 1.